The Morgan fingerprint density at radius 1 is 1.00 bits per heavy atom. The van der Waals surface area contributed by atoms with Gasteiger partial charge in [0.25, 0.3) is 0 Å². The molecule has 2 saturated heterocycles. The van der Waals surface area contributed by atoms with E-state index in [1.165, 1.54) is 18.6 Å². The molecular formula is C34H45N3O6. The van der Waals surface area contributed by atoms with Crippen molar-refractivity contribution in [1.82, 2.24) is 15.1 Å². The number of piperidine rings is 1. The maximum absolute atomic E-state index is 13.8. The first-order chi connectivity index (χ1) is 20.8. The molecule has 5 rings (SSSR count). The average Bonchev–Trinajstić information content (AvgIpc) is 3.03. The molecule has 43 heavy (non-hydrogen) atoms. The number of aliphatic hydroxyl groups is 1. The number of likely N-dealkylation sites (tertiary alicyclic amines) is 1. The number of hydrogen-bond acceptors (Lipinski definition) is 6. The zero-order chi connectivity index (χ0) is 30.4. The minimum Gasteiger partial charge on any atom is -0.489 e. The van der Waals surface area contributed by atoms with Crippen molar-refractivity contribution in [3.8, 4) is 5.75 Å². The number of rotatable bonds is 11. The highest BCUT2D eigenvalue weighted by molar-refractivity contribution is 6.00. The molecule has 1 aliphatic carbocycles. The number of ether oxygens (including phenoxy) is 1. The fourth-order valence-electron chi connectivity index (χ4n) is 6.90. The van der Waals surface area contributed by atoms with Crippen LogP contribution >= 0.6 is 0 Å². The van der Waals surface area contributed by atoms with E-state index >= 15 is 0 Å². The first-order valence-electron chi connectivity index (χ1n) is 15.9. The molecule has 3 fully saturated rings. The molecule has 232 valence electrons. The second-order valence-corrected chi connectivity index (χ2v) is 12.4. The van der Waals surface area contributed by atoms with E-state index in [4.69, 9.17) is 9.84 Å². The molecule has 2 heterocycles. The number of amides is 2. The van der Waals surface area contributed by atoms with E-state index in [9.17, 15) is 19.5 Å². The molecule has 0 radical (unpaired) electrons. The second kappa shape index (κ2) is 13.9. The Bertz CT molecular complexity index is 1250. The first-order valence-corrected chi connectivity index (χ1v) is 15.9. The van der Waals surface area contributed by atoms with Crippen LogP contribution in [0.25, 0.3) is 0 Å². The van der Waals surface area contributed by atoms with Crippen LogP contribution in [0.5, 0.6) is 5.75 Å². The number of aromatic carboxylic acids is 1. The van der Waals surface area contributed by atoms with Crippen molar-refractivity contribution in [3.63, 3.8) is 0 Å². The predicted molar refractivity (Wildman–Crippen MR) is 163 cm³/mol. The van der Waals surface area contributed by atoms with Gasteiger partial charge in [-0.1, -0.05) is 56.9 Å². The minimum absolute atomic E-state index is 0.0650. The number of aliphatic hydroxyl groups excluding tert-OH is 1. The van der Waals surface area contributed by atoms with Gasteiger partial charge in [-0.25, -0.2) is 4.79 Å². The molecular weight excluding hydrogens is 546 g/mol. The largest absolute Gasteiger partial charge is 0.489 e. The summed E-state index contributed by atoms with van der Waals surface area (Å²) in [5.74, 6) is -0.506. The predicted octanol–water partition coefficient (Wildman–Crippen LogP) is 4.37. The van der Waals surface area contributed by atoms with Crippen LogP contribution in [0.4, 0.5) is 0 Å². The van der Waals surface area contributed by atoms with E-state index in [1.54, 1.807) is 12.1 Å². The third kappa shape index (κ3) is 7.04. The first kappa shape index (κ1) is 31.0. The minimum atomic E-state index is -0.964. The summed E-state index contributed by atoms with van der Waals surface area (Å²) in [5, 5.41) is 23.2. The fourth-order valence-corrected chi connectivity index (χ4v) is 6.90. The number of hydrogen-bond donors (Lipinski definition) is 3. The van der Waals surface area contributed by atoms with Gasteiger partial charge >= 0.3 is 5.97 Å². The molecule has 3 aliphatic rings. The Balaban J connectivity index is 1.17. The molecule has 0 unspecified atom stereocenters. The summed E-state index contributed by atoms with van der Waals surface area (Å²) in [7, 11) is 0. The molecule has 1 saturated carbocycles. The summed E-state index contributed by atoms with van der Waals surface area (Å²) in [5.41, 5.74) is 1.54. The van der Waals surface area contributed by atoms with E-state index in [1.807, 2.05) is 17.0 Å². The summed E-state index contributed by atoms with van der Waals surface area (Å²) in [4.78, 5) is 42.7. The monoisotopic (exact) mass is 591 g/mol. The van der Waals surface area contributed by atoms with Crippen molar-refractivity contribution in [2.45, 2.75) is 95.5 Å². The van der Waals surface area contributed by atoms with E-state index in [-0.39, 0.29) is 23.3 Å². The standard InChI is InChI=1S/C34H45N3O6/c1-2-3-19-37-31(39)29(30(38)26-7-5-4-6-8-26)35-33(42)34(37)17-20-36(21-18-34)22-24-9-11-25(12-10-24)23-43-28-15-13-27(14-16-28)32(40)41/h9-16,26,29-30,38H,2-8,17-23H2,1H3,(H,35,42)(H,40,41)/t29-,30-/m1/s1. The summed E-state index contributed by atoms with van der Waals surface area (Å²) in [6, 6.07) is 13.7. The zero-order valence-corrected chi connectivity index (χ0v) is 25.2. The molecule has 2 aromatic rings. The van der Waals surface area contributed by atoms with Crippen LogP contribution < -0.4 is 10.1 Å². The van der Waals surface area contributed by atoms with E-state index in [2.05, 4.69) is 29.3 Å². The number of benzene rings is 2. The van der Waals surface area contributed by atoms with E-state index in [0.29, 0.717) is 44.8 Å². The normalized spacial score (nSPS) is 21.9. The maximum atomic E-state index is 13.8. The van der Waals surface area contributed by atoms with Crippen LogP contribution in [-0.2, 0) is 22.7 Å². The van der Waals surface area contributed by atoms with Gasteiger partial charge in [-0.3, -0.25) is 14.5 Å². The summed E-state index contributed by atoms with van der Waals surface area (Å²) in [6.45, 7) is 5.18. The van der Waals surface area contributed by atoms with Gasteiger partial charge in [-0.2, -0.15) is 0 Å². The van der Waals surface area contributed by atoms with Crippen molar-refractivity contribution < 1.29 is 29.3 Å². The average molecular weight is 592 g/mol. The molecule has 9 heteroatoms. The summed E-state index contributed by atoms with van der Waals surface area (Å²) < 4.78 is 5.80. The topological polar surface area (TPSA) is 119 Å². The maximum Gasteiger partial charge on any atom is 0.335 e. The van der Waals surface area contributed by atoms with E-state index < -0.39 is 23.7 Å². The van der Waals surface area contributed by atoms with Crippen LogP contribution in [0.2, 0.25) is 0 Å². The lowest BCUT2D eigenvalue weighted by Gasteiger charge is -2.52. The van der Waals surface area contributed by atoms with Gasteiger partial charge in [0.15, 0.2) is 0 Å². The number of carboxylic acids is 1. The van der Waals surface area contributed by atoms with Crippen molar-refractivity contribution in [2.24, 2.45) is 5.92 Å². The molecule has 0 bridgehead atoms. The number of carbonyl (C=O) groups is 3. The highest BCUT2D eigenvalue weighted by Gasteiger charge is 2.55. The third-order valence-corrected chi connectivity index (χ3v) is 9.59. The third-order valence-electron chi connectivity index (χ3n) is 9.59. The van der Waals surface area contributed by atoms with Gasteiger partial charge in [0.1, 0.15) is 23.9 Å². The molecule has 2 atom stereocenters. The van der Waals surface area contributed by atoms with E-state index in [0.717, 1.165) is 56.2 Å². The molecule has 1 spiro atoms. The lowest BCUT2D eigenvalue weighted by atomic mass is 9.78. The van der Waals surface area contributed by atoms with Gasteiger partial charge in [0.05, 0.1) is 11.7 Å². The summed E-state index contributed by atoms with van der Waals surface area (Å²) in [6.07, 6.45) is 7.21. The Labute approximate surface area is 254 Å². The lowest BCUT2D eigenvalue weighted by Crippen LogP contribution is -2.75. The molecule has 2 amide bonds. The Hall–Kier alpha value is -3.43. The van der Waals surface area contributed by atoms with Crippen LogP contribution in [0.1, 0.15) is 86.2 Å². The lowest BCUT2D eigenvalue weighted by molar-refractivity contribution is -0.166. The van der Waals surface area contributed by atoms with Gasteiger partial charge in [-0.05, 0) is 73.4 Å². The highest BCUT2D eigenvalue weighted by atomic mass is 16.5. The molecule has 9 nitrogen and oxygen atoms in total. The second-order valence-electron chi connectivity index (χ2n) is 12.4. The number of piperazine rings is 1. The Kier molecular flexibility index (Phi) is 10.0. The molecule has 0 aromatic heterocycles. The summed E-state index contributed by atoms with van der Waals surface area (Å²) >= 11 is 0. The van der Waals surface area contributed by atoms with Crippen molar-refractivity contribution >= 4 is 17.8 Å². The number of carboxylic acid groups (broad SMARTS) is 1. The Morgan fingerprint density at radius 2 is 1.65 bits per heavy atom. The van der Waals surface area contributed by atoms with Gasteiger partial charge in [-0.15, -0.1) is 0 Å². The molecule has 2 aromatic carbocycles. The Morgan fingerprint density at radius 3 is 2.28 bits per heavy atom. The van der Waals surface area contributed by atoms with Crippen LogP contribution in [0.3, 0.4) is 0 Å². The van der Waals surface area contributed by atoms with Crippen LogP contribution in [0, 0.1) is 5.92 Å². The number of nitrogens with one attached hydrogen (secondary N) is 1. The molecule has 3 N–H and O–H groups in total. The van der Waals surface area contributed by atoms with Crippen molar-refractivity contribution in [3.05, 3.63) is 65.2 Å². The van der Waals surface area contributed by atoms with Crippen molar-refractivity contribution in [1.29, 1.82) is 0 Å². The van der Waals surface area contributed by atoms with Crippen molar-refractivity contribution in [2.75, 3.05) is 19.6 Å². The SMILES string of the molecule is CCCCN1C(=O)[C@@H]([C@H](O)C2CCCCC2)NC(=O)C12CCN(Cc1ccc(COc3ccc(C(=O)O)cc3)cc1)CC2. The highest BCUT2D eigenvalue weighted by Crippen LogP contribution is 2.36. The fraction of sp³-hybridized carbons (Fsp3) is 0.559. The smallest absolute Gasteiger partial charge is 0.335 e. The quantitative estimate of drug-likeness (QED) is 0.355. The van der Waals surface area contributed by atoms with Gasteiger partial charge in [0, 0.05) is 26.2 Å². The zero-order valence-electron chi connectivity index (χ0n) is 25.2. The number of nitrogens with zero attached hydrogens (tertiary/aromatic N) is 2. The van der Waals surface area contributed by atoms with Crippen LogP contribution in [-0.4, -0.2) is 75.1 Å². The molecule has 2 aliphatic heterocycles. The van der Waals surface area contributed by atoms with Gasteiger partial charge < -0.3 is 25.2 Å². The van der Waals surface area contributed by atoms with Gasteiger partial charge in [0.2, 0.25) is 11.8 Å². The number of unbranched alkanes of at least 4 members (excludes halogenated alkanes) is 1. The van der Waals surface area contributed by atoms with Crippen LogP contribution in [0.15, 0.2) is 48.5 Å². The number of carbonyl (C=O) groups excluding carboxylic acids is 2.